The van der Waals surface area contributed by atoms with E-state index in [0.717, 1.165) is 36.1 Å². The molecule has 4 heterocycles. The van der Waals surface area contributed by atoms with Crippen molar-refractivity contribution in [3.63, 3.8) is 0 Å². The van der Waals surface area contributed by atoms with Gasteiger partial charge in [-0.25, -0.2) is 8.42 Å². The molecule has 0 saturated carbocycles. The zero-order valence-electron chi connectivity index (χ0n) is 20.3. The van der Waals surface area contributed by atoms with Gasteiger partial charge < -0.3 is 15.1 Å². The van der Waals surface area contributed by atoms with Crippen molar-refractivity contribution in [3.8, 4) is 0 Å². The summed E-state index contributed by atoms with van der Waals surface area (Å²) in [5, 5.41) is 3.40. The summed E-state index contributed by atoms with van der Waals surface area (Å²) < 4.78 is 27.1. The number of nitrogens with one attached hydrogen (secondary N) is 1. The number of rotatable bonds is 5. The molecule has 0 spiro atoms. The molecule has 5 rings (SSSR count). The van der Waals surface area contributed by atoms with Crippen LogP contribution in [0.25, 0.3) is 0 Å². The summed E-state index contributed by atoms with van der Waals surface area (Å²) in [7, 11) is -3.56. The number of nitrogens with zero attached hydrogens (tertiary/aromatic N) is 3. The van der Waals surface area contributed by atoms with Crippen LogP contribution in [-0.2, 0) is 27.8 Å². The van der Waals surface area contributed by atoms with Crippen LogP contribution in [0.2, 0.25) is 0 Å². The molecular weight excluding hydrogens is 500 g/mol. The predicted octanol–water partition coefficient (Wildman–Crippen LogP) is 2.93. The van der Waals surface area contributed by atoms with Crippen molar-refractivity contribution in [2.75, 3.05) is 38.0 Å². The highest BCUT2D eigenvalue weighted by Gasteiger charge is 2.33. The smallest absolute Gasteiger partial charge is 0.257 e. The second kappa shape index (κ2) is 9.95. The third-order valence-electron chi connectivity index (χ3n) is 7.16. The minimum Gasteiger partial charge on any atom is -0.339 e. The molecule has 1 N–H and O–H groups in total. The van der Waals surface area contributed by atoms with Gasteiger partial charge in [0, 0.05) is 50.1 Å². The van der Waals surface area contributed by atoms with Crippen LogP contribution in [0.15, 0.2) is 29.2 Å². The van der Waals surface area contributed by atoms with E-state index in [0.29, 0.717) is 61.8 Å². The van der Waals surface area contributed by atoms with E-state index in [4.69, 9.17) is 0 Å². The van der Waals surface area contributed by atoms with Crippen LogP contribution in [0.3, 0.4) is 0 Å². The number of thiophene rings is 1. The van der Waals surface area contributed by atoms with Gasteiger partial charge in [0.05, 0.1) is 17.0 Å². The molecule has 11 heteroatoms. The molecule has 3 amide bonds. The van der Waals surface area contributed by atoms with Crippen LogP contribution >= 0.6 is 11.3 Å². The molecule has 1 aromatic heterocycles. The summed E-state index contributed by atoms with van der Waals surface area (Å²) in [5.74, 6) is -0.503. The summed E-state index contributed by atoms with van der Waals surface area (Å²) >= 11 is 1.34. The number of carbonyl (C=O) groups is 3. The lowest BCUT2D eigenvalue weighted by Gasteiger charge is -2.26. The Morgan fingerprint density at radius 2 is 1.53 bits per heavy atom. The van der Waals surface area contributed by atoms with Crippen LogP contribution in [0.1, 0.15) is 63.8 Å². The maximum Gasteiger partial charge on any atom is 0.257 e. The van der Waals surface area contributed by atoms with Gasteiger partial charge in [-0.2, -0.15) is 4.31 Å². The quantitative estimate of drug-likeness (QED) is 0.640. The lowest BCUT2D eigenvalue weighted by atomic mass is 10.0. The molecule has 9 nitrogen and oxygen atoms in total. The summed E-state index contributed by atoms with van der Waals surface area (Å²) in [6, 6.07) is 5.93. The molecule has 3 aliphatic rings. The van der Waals surface area contributed by atoms with Crippen LogP contribution in [-0.4, -0.2) is 73.0 Å². The van der Waals surface area contributed by atoms with E-state index in [2.05, 4.69) is 5.32 Å². The number of hydrogen-bond donors (Lipinski definition) is 1. The molecule has 0 bridgehead atoms. The number of anilines is 1. The molecule has 0 aliphatic carbocycles. The molecule has 2 saturated heterocycles. The first-order chi connectivity index (χ1) is 17.3. The molecule has 1 aromatic carbocycles. The van der Waals surface area contributed by atoms with Gasteiger partial charge in [-0.05, 0) is 61.9 Å². The van der Waals surface area contributed by atoms with Gasteiger partial charge >= 0.3 is 0 Å². The molecule has 0 atom stereocenters. The lowest BCUT2D eigenvalue weighted by molar-refractivity contribution is -0.129. The molecule has 3 aliphatic heterocycles. The number of carbonyl (C=O) groups excluding carboxylic acids is 3. The molecule has 0 radical (unpaired) electrons. The molecule has 2 aromatic rings. The third kappa shape index (κ3) is 4.67. The van der Waals surface area contributed by atoms with Crippen molar-refractivity contribution >= 4 is 44.1 Å². The van der Waals surface area contributed by atoms with Gasteiger partial charge in [0.25, 0.3) is 11.8 Å². The Morgan fingerprint density at radius 3 is 2.17 bits per heavy atom. The van der Waals surface area contributed by atoms with Crippen molar-refractivity contribution in [2.24, 2.45) is 0 Å². The second-order valence-electron chi connectivity index (χ2n) is 9.49. The van der Waals surface area contributed by atoms with Crippen LogP contribution in [0, 0.1) is 0 Å². The monoisotopic (exact) mass is 530 g/mol. The van der Waals surface area contributed by atoms with Gasteiger partial charge in [-0.3, -0.25) is 14.4 Å². The molecule has 192 valence electrons. The molecule has 36 heavy (non-hydrogen) atoms. The number of amides is 3. The maximum absolute atomic E-state index is 13.4. The fourth-order valence-electron chi connectivity index (χ4n) is 5.10. The van der Waals surface area contributed by atoms with Gasteiger partial charge in [0.2, 0.25) is 15.9 Å². The first-order valence-electron chi connectivity index (χ1n) is 12.4. The highest BCUT2D eigenvalue weighted by Crippen LogP contribution is 2.38. The van der Waals surface area contributed by atoms with E-state index in [1.54, 1.807) is 4.90 Å². The van der Waals surface area contributed by atoms with Gasteiger partial charge in [0.1, 0.15) is 5.00 Å². The summed E-state index contributed by atoms with van der Waals surface area (Å²) in [6.45, 7) is 4.93. The highest BCUT2D eigenvalue weighted by molar-refractivity contribution is 7.89. The van der Waals surface area contributed by atoms with Gasteiger partial charge in [0.15, 0.2) is 0 Å². The number of benzene rings is 1. The van der Waals surface area contributed by atoms with Gasteiger partial charge in [-0.1, -0.05) is 0 Å². The minimum absolute atomic E-state index is 0.0176. The third-order valence-corrected chi connectivity index (χ3v) is 10.2. The molecular formula is C25H30N4O5S2. The Balaban J connectivity index is 1.40. The number of fused-ring (bicyclic) bond motifs is 1. The maximum atomic E-state index is 13.4. The van der Waals surface area contributed by atoms with Crippen molar-refractivity contribution in [3.05, 3.63) is 45.8 Å². The van der Waals surface area contributed by atoms with Crippen molar-refractivity contribution in [1.29, 1.82) is 0 Å². The fourth-order valence-corrected chi connectivity index (χ4v) is 7.86. The van der Waals surface area contributed by atoms with E-state index in [-0.39, 0.29) is 16.7 Å². The summed E-state index contributed by atoms with van der Waals surface area (Å²) in [4.78, 5) is 43.2. The van der Waals surface area contributed by atoms with Gasteiger partial charge in [-0.15, -0.1) is 11.3 Å². The minimum atomic E-state index is -3.56. The van der Waals surface area contributed by atoms with E-state index < -0.39 is 15.9 Å². The Kier molecular flexibility index (Phi) is 6.88. The normalized spacial score (nSPS) is 18.4. The number of likely N-dealkylation sites (tertiary alicyclic amines) is 1. The topological polar surface area (TPSA) is 107 Å². The fraction of sp³-hybridized carbons (Fsp3) is 0.480. The lowest BCUT2D eigenvalue weighted by Crippen LogP contribution is -2.35. The molecule has 0 unspecified atom stereocenters. The van der Waals surface area contributed by atoms with Crippen molar-refractivity contribution in [1.82, 2.24) is 14.1 Å². The summed E-state index contributed by atoms with van der Waals surface area (Å²) in [5.41, 5.74) is 1.75. The standard InChI is InChI=1S/C25H30N4O5S2/c1-17(30)28-15-10-20-21(16-28)35-24(22(20)25(32)27-11-2-3-12-27)26-23(31)18-6-8-19(9-7-18)36(33,34)29-13-4-5-14-29/h6-9H,2-5,10-16H2,1H3,(H,26,31). The van der Waals surface area contributed by atoms with E-state index in [1.165, 1.54) is 46.8 Å². The van der Waals surface area contributed by atoms with Crippen LogP contribution in [0.4, 0.5) is 5.00 Å². The highest BCUT2D eigenvalue weighted by atomic mass is 32.2. The second-order valence-corrected chi connectivity index (χ2v) is 12.5. The van der Waals surface area contributed by atoms with Crippen LogP contribution < -0.4 is 5.32 Å². The average molecular weight is 531 g/mol. The Bertz CT molecular complexity index is 1290. The zero-order chi connectivity index (χ0) is 25.4. The van der Waals surface area contributed by atoms with Crippen molar-refractivity contribution < 1.29 is 22.8 Å². The van der Waals surface area contributed by atoms with Crippen LogP contribution in [0.5, 0.6) is 0 Å². The first kappa shape index (κ1) is 24.9. The average Bonchev–Trinajstić information content (AvgIpc) is 3.64. The summed E-state index contributed by atoms with van der Waals surface area (Å²) in [6.07, 6.45) is 4.20. The number of sulfonamides is 1. The Hall–Kier alpha value is -2.76. The Labute approximate surface area is 215 Å². The predicted molar refractivity (Wildman–Crippen MR) is 137 cm³/mol. The zero-order valence-corrected chi connectivity index (χ0v) is 21.9. The van der Waals surface area contributed by atoms with E-state index in [9.17, 15) is 22.8 Å². The Morgan fingerprint density at radius 1 is 0.889 bits per heavy atom. The van der Waals surface area contributed by atoms with E-state index in [1.807, 2.05) is 4.90 Å². The molecule has 2 fully saturated rings. The van der Waals surface area contributed by atoms with Crippen molar-refractivity contribution in [2.45, 2.75) is 50.5 Å². The largest absolute Gasteiger partial charge is 0.339 e. The SMILES string of the molecule is CC(=O)N1CCc2c(sc(NC(=O)c3ccc(S(=O)(=O)N4CCCC4)cc3)c2C(=O)N2CCCC2)C1. The first-order valence-corrected chi connectivity index (χ1v) is 14.6. The number of hydrogen-bond acceptors (Lipinski definition) is 6. The van der Waals surface area contributed by atoms with E-state index >= 15 is 0 Å².